The molecule has 1 aromatic heterocycles. The zero-order chi connectivity index (χ0) is 12.3. The lowest BCUT2D eigenvalue weighted by Crippen LogP contribution is -2.30. The standard InChI is InChI=1S/C14H22N2O/c1-11-9-13(12(2)15-11)14(17)10-16-7-5-3-4-6-8-16/h9,15H,3-8,10H2,1-2H3. The minimum atomic E-state index is 0.258. The lowest BCUT2D eigenvalue weighted by molar-refractivity contribution is 0.0932. The van der Waals surface area contributed by atoms with E-state index in [0.29, 0.717) is 6.54 Å². The number of aromatic nitrogens is 1. The van der Waals surface area contributed by atoms with Crippen LogP contribution < -0.4 is 0 Å². The maximum absolute atomic E-state index is 12.2. The van der Waals surface area contributed by atoms with E-state index in [1.54, 1.807) is 0 Å². The molecule has 1 aliphatic rings. The van der Waals surface area contributed by atoms with Crippen LogP contribution in [0.4, 0.5) is 0 Å². The van der Waals surface area contributed by atoms with Gasteiger partial charge in [0.25, 0.3) is 0 Å². The molecule has 0 bridgehead atoms. The number of Topliss-reactive ketones (excluding diaryl/α,β-unsaturated/α-hetero) is 1. The smallest absolute Gasteiger partial charge is 0.178 e. The molecule has 0 unspecified atom stereocenters. The molecule has 1 fully saturated rings. The van der Waals surface area contributed by atoms with E-state index < -0.39 is 0 Å². The Hall–Kier alpha value is -1.09. The van der Waals surface area contributed by atoms with Gasteiger partial charge < -0.3 is 4.98 Å². The molecular weight excluding hydrogens is 212 g/mol. The van der Waals surface area contributed by atoms with Crippen LogP contribution in [0.25, 0.3) is 0 Å². The monoisotopic (exact) mass is 234 g/mol. The van der Waals surface area contributed by atoms with Gasteiger partial charge in [-0.15, -0.1) is 0 Å². The third kappa shape index (κ3) is 3.19. The summed E-state index contributed by atoms with van der Waals surface area (Å²) in [4.78, 5) is 17.7. The molecule has 0 aliphatic carbocycles. The predicted octanol–water partition coefficient (Wildman–Crippen LogP) is 2.69. The average Bonchev–Trinajstić information content (AvgIpc) is 2.51. The Morgan fingerprint density at radius 1 is 1.24 bits per heavy atom. The van der Waals surface area contributed by atoms with E-state index in [1.165, 1.54) is 25.7 Å². The predicted molar refractivity (Wildman–Crippen MR) is 69.5 cm³/mol. The fraction of sp³-hybridized carbons (Fsp3) is 0.643. The number of nitrogens with zero attached hydrogens (tertiary/aromatic N) is 1. The highest BCUT2D eigenvalue weighted by molar-refractivity contribution is 5.98. The summed E-state index contributed by atoms with van der Waals surface area (Å²) >= 11 is 0. The summed E-state index contributed by atoms with van der Waals surface area (Å²) in [7, 11) is 0. The number of nitrogens with one attached hydrogen (secondary N) is 1. The van der Waals surface area contributed by atoms with Crippen molar-refractivity contribution in [3.8, 4) is 0 Å². The van der Waals surface area contributed by atoms with Crippen molar-refractivity contribution < 1.29 is 4.79 Å². The Morgan fingerprint density at radius 2 is 1.88 bits per heavy atom. The van der Waals surface area contributed by atoms with E-state index in [-0.39, 0.29) is 5.78 Å². The zero-order valence-electron chi connectivity index (χ0n) is 10.9. The van der Waals surface area contributed by atoms with Crippen LogP contribution in [-0.4, -0.2) is 35.3 Å². The molecule has 2 heterocycles. The first-order valence-corrected chi connectivity index (χ1v) is 6.58. The van der Waals surface area contributed by atoms with E-state index in [4.69, 9.17) is 0 Å². The zero-order valence-corrected chi connectivity index (χ0v) is 10.9. The Labute approximate surface area is 103 Å². The number of hydrogen-bond acceptors (Lipinski definition) is 2. The van der Waals surface area contributed by atoms with Crippen molar-refractivity contribution in [1.82, 2.24) is 9.88 Å². The Bertz CT molecular complexity index is 387. The molecule has 0 spiro atoms. The van der Waals surface area contributed by atoms with Crippen LogP contribution >= 0.6 is 0 Å². The lowest BCUT2D eigenvalue weighted by Gasteiger charge is -2.18. The van der Waals surface area contributed by atoms with Gasteiger partial charge in [-0.05, 0) is 45.8 Å². The van der Waals surface area contributed by atoms with Gasteiger partial charge in [0.15, 0.2) is 5.78 Å². The van der Waals surface area contributed by atoms with Crippen molar-refractivity contribution in [3.63, 3.8) is 0 Å². The number of ketones is 1. The van der Waals surface area contributed by atoms with Crippen molar-refractivity contribution in [2.45, 2.75) is 39.5 Å². The molecule has 1 aromatic rings. The van der Waals surface area contributed by atoms with E-state index in [9.17, 15) is 4.79 Å². The summed E-state index contributed by atoms with van der Waals surface area (Å²) in [6.07, 6.45) is 5.09. The van der Waals surface area contributed by atoms with Crippen LogP contribution in [0.3, 0.4) is 0 Å². The first-order valence-electron chi connectivity index (χ1n) is 6.58. The lowest BCUT2D eigenvalue weighted by atomic mass is 10.1. The summed E-state index contributed by atoms with van der Waals surface area (Å²) in [6.45, 7) is 6.71. The number of aryl methyl sites for hydroxylation is 2. The number of H-pyrrole nitrogens is 1. The third-order valence-electron chi connectivity index (χ3n) is 3.52. The molecule has 17 heavy (non-hydrogen) atoms. The molecule has 2 rings (SSSR count). The Morgan fingerprint density at radius 3 is 2.41 bits per heavy atom. The summed E-state index contributed by atoms with van der Waals surface area (Å²) in [5, 5.41) is 0. The minimum absolute atomic E-state index is 0.258. The summed E-state index contributed by atoms with van der Waals surface area (Å²) in [5.41, 5.74) is 2.94. The first-order chi connectivity index (χ1) is 8.16. The number of carbonyl (C=O) groups excluding carboxylic acids is 1. The number of aromatic amines is 1. The maximum Gasteiger partial charge on any atom is 0.178 e. The van der Waals surface area contributed by atoms with Gasteiger partial charge in [-0.3, -0.25) is 9.69 Å². The van der Waals surface area contributed by atoms with Gasteiger partial charge in [-0.1, -0.05) is 12.8 Å². The van der Waals surface area contributed by atoms with Crippen molar-refractivity contribution in [1.29, 1.82) is 0 Å². The molecule has 1 aliphatic heterocycles. The van der Waals surface area contributed by atoms with Crippen LogP contribution in [0.15, 0.2) is 6.07 Å². The van der Waals surface area contributed by atoms with Crippen molar-refractivity contribution in [3.05, 3.63) is 23.0 Å². The average molecular weight is 234 g/mol. The number of carbonyl (C=O) groups is 1. The van der Waals surface area contributed by atoms with Crippen LogP contribution in [0.2, 0.25) is 0 Å². The second kappa shape index (κ2) is 5.50. The molecule has 0 aromatic carbocycles. The topological polar surface area (TPSA) is 36.1 Å². The van der Waals surface area contributed by atoms with Gasteiger partial charge in [-0.25, -0.2) is 0 Å². The molecule has 0 saturated carbocycles. The van der Waals surface area contributed by atoms with Crippen LogP contribution in [-0.2, 0) is 0 Å². The minimum Gasteiger partial charge on any atom is -0.362 e. The molecule has 3 heteroatoms. The highest BCUT2D eigenvalue weighted by Gasteiger charge is 2.16. The Balaban J connectivity index is 1.98. The van der Waals surface area contributed by atoms with E-state index in [2.05, 4.69) is 9.88 Å². The Kier molecular flexibility index (Phi) is 4.00. The number of likely N-dealkylation sites (tertiary alicyclic amines) is 1. The SMILES string of the molecule is Cc1cc(C(=O)CN2CCCCCC2)c(C)[nH]1. The van der Waals surface area contributed by atoms with Crippen LogP contribution in [0, 0.1) is 13.8 Å². The normalized spacial score (nSPS) is 18.0. The van der Waals surface area contributed by atoms with E-state index in [1.807, 2.05) is 19.9 Å². The quantitative estimate of drug-likeness (QED) is 0.816. The van der Waals surface area contributed by atoms with Crippen LogP contribution in [0.1, 0.15) is 47.4 Å². The largest absolute Gasteiger partial charge is 0.362 e. The molecule has 0 atom stereocenters. The van der Waals surface area contributed by atoms with E-state index in [0.717, 1.165) is 30.0 Å². The third-order valence-corrected chi connectivity index (χ3v) is 3.52. The fourth-order valence-corrected chi connectivity index (χ4v) is 2.60. The van der Waals surface area contributed by atoms with Crippen LogP contribution in [0.5, 0.6) is 0 Å². The van der Waals surface area contributed by atoms with Gasteiger partial charge in [0, 0.05) is 17.0 Å². The maximum atomic E-state index is 12.2. The molecule has 94 valence electrons. The molecular formula is C14H22N2O. The van der Waals surface area contributed by atoms with Gasteiger partial charge in [-0.2, -0.15) is 0 Å². The van der Waals surface area contributed by atoms with Crippen molar-refractivity contribution in [2.24, 2.45) is 0 Å². The summed E-state index contributed by atoms with van der Waals surface area (Å²) < 4.78 is 0. The van der Waals surface area contributed by atoms with Crippen molar-refractivity contribution >= 4 is 5.78 Å². The van der Waals surface area contributed by atoms with Gasteiger partial charge in [0.2, 0.25) is 0 Å². The van der Waals surface area contributed by atoms with Gasteiger partial charge in [0.05, 0.1) is 6.54 Å². The second-order valence-electron chi connectivity index (χ2n) is 5.10. The number of hydrogen-bond donors (Lipinski definition) is 1. The highest BCUT2D eigenvalue weighted by Crippen LogP contribution is 2.13. The number of rotatable bonds is 3. The first kappa shape index (κ1) is 12.4. The molecule has 0 radical (unpaired) electrons. The summed E-state index contributed by atoms with van der Waals surface area (Å²) in [5.74, 6) is 0.258. The molecule has 3 nitrogen and oxygen atoms in total. The van der Waals surface area contributed by atoms with Gasteiger partial charge >= 0.3 is 0 Å². The fourth-order valence-electron chi connectivity index (χ4n) is 2.60. The van der Waals surface area contributed by atoms with Crippen molar-refractivity contribution in [2.75, 3.05) is 19.6 Å². The van der Waals surface area contributed by atoms with Gasteiger partial charge in [0.1, 0.15) is 0 Å². The second-order valence-corrected chi connectivity index (χ2v) is 5.10. The highest BCUT2D eigenvalue weighted by atomic mass is 16.1. The summed E-state index contributed by atoms with van der Waals surface area (Å²) in [6, 6.07) is 1.97. The molecule has 0 amide bonds. The molecule has 1 saturated heterocycles. The molecule has 1 N–H and O–H groups in total. The van der Waals surface area contributed by atoms with E-state index >= 15 is 0 Å².